The quantitative estimate of drug-likeness (QED) is 0.671. The summed E-state index contributed by atoms with van der Waals surface area (Å²) in [7, 11) is 0. The molecule has 0 amide bonds. The normalized spacial score (nSPS) is 13.8. The number of pyridine rings is 1. The van der Waals surface area contributed by atoms with Crippen molar-refractivity contribution in [1.29, 1.82) is 5.41 Å². The van der Waals surface area contributed by atoms with Crippen molar-refractivity contribution in [2.24, 2.45) is 5.73 Å². The number of nitrogen functional groups attached to an aromatic ring is 1. The van der Waals surface area contributed by atoms with Crippen LogP contribution in [0.3, 0.4) is 0 Å². The summed E-state index contributed by atoms with van der Waals surface area (Å²) >= 11 is 1.65. The van der Waals surface area contributed by atoms with Gasteiger partial charge < -0.3 is 10.5 Å². The Hall–Kier alpha value is -1.88. The maximum atomic E-state index is 7.71. The zero-order valence-electron chi connectivity index (χ0n) is 11.2. The van der Waals surface area contributed by atoms with E-state index in [2.05, 4.69) is 4.98 Å². The predicted molar refractivity (Wildman–Crippen MR) is 80.5 cm³/mol. The van der Waals surface area contributed by atoms with Gasteiger partial charge in [0.05, 0.1) is 5.56 Å². The molecule has 1 aliphatic carbocycles. The van der Waals surface area contributed by atoms with Crippen molar-refractivity contribution >= 4 is 17.2 Å². The minimum atomic E-state index is 0.0204. The van der Waals surface area contributed by atoms with E-state index in [0.717, 1.165) is 23.4 Å². The van der Waals surface area contributed by atoms with Gasteiger partial charge in [0.2, 0.25) is 5.88 Å². The summed E-state index contributed by atoms with van der Waals surface area (Å²) in [5.74, 6) is 0.513. The highest BCUT2D eigenvalue weighted by molar-refractivity contribution is 7.09. The summed E-state index contributed by atoms with van der Waals surface area (Å²) in [6.07, 6.45) is 4.36. The second-order valence-corrected chi connectivity index (χ2v) is 5.97. The van der Waals surface area contributed by atoms with Crippen LogP contribution < -0.4 is 10.5 Å². The summed E-state index contributed by atoms with van der Waals surface area (Å²) < 4.78 is 5.79. The van der Waals surface area contributed by atoms with E-state index < -0.39 is 0 Å². The molecule has 3 N–H and O–H groups in total. The molecule has 0 spiro atoms. The third-order valence-electron chi connectivity index (χ3n) is 3.49. The lowest BCUT2D eigenvalue weighted by molar-refractivity contribution is 0.295. The Labute approximate surface area is 122 Å². The van der Waals surface area contributed by atoms with Gasteiger partial charge in [-0.25, -0.2) is 4.98 Å². The highest BCUT2D eigenvalue weighted by atomic mass is 32.1. The molecular formula is C15H17N3OS. The number of thiophene rings is 1. The van der Waals surface area contributed by atoms with Crippen LogP contribution in [0.2, 0.25) is 0 Å². The number of aromatic nitrogens is 1. The van der Waals surface area contributed by atoms with Gasteiger partial charge in [0.15, 0.2) is 0 Å². The van der Waals surface area contributed by atoms with Gasteiger partial charge in [0.25, 0.3) is 0 Å². The SMILES string of the molecule is N=C(N)c1cc2c(nc1OCc1cccs1)CCCC2. The number of ether oxygens (including phenoxy) is 1. The van der Waals surface area contributed by atoms with E-state index in [0.29, 0.717) is 18.1 Å². The van der Waals surface area contributed by atoms with E-state index in [9.17, 15) is 0 Å². The second-order valence-electron chi connectivity index (χ2n) is 4.94. The zero-order chi connectivity index (χ0) is 13.9. The highest BCUT2D eigenvalue weighted by Crippen LogP contribution is 2.26. The number of hydrogen-bond acceptors (Lipinski definition) is 4. The monoisotopic (exact) mass is 287 g/mol. The van der Waals surface area contributed by atoms with Gasteiger partial charge in [-0.3, -0.25) is 5.41 Å². The Bertz CT molecular complexity index is 622. The van der Waals surface area contributed by atoms with Gasteiger partial charge in [-0.05, 0) is 48.8 Å². The van der Waals surface area contributed by atoms with Crippen LogP contribution in [-0.2, 0) is 19.4 Å². The predicted octanol–water partition coefficient (Wildman–Crippen LogP) is 2.88. The van der Waals surface area contributed by atoms with Crippen molar-refractivity contribution in [1.82, 2.24) is 4.98 Å². The molecule has 2 heterocycles. The lowest BCUT2D eigenvalue weighted by atomic mass is 9.95. The molecule has 20 heavy (non-hydrogen) atoms. The van der Waals surface area contributed by atoms with Crippen LogP contribution >= 0.6 is 11.3 Å². The molecule has 3 rings (SSSR count). The minimum Gasteiger partial charge on any atom is -0.471 e. The van der Waals surface area contributed by atoms with Crippen LogP contribution in [0.15, 0.2) is 23.6 Å². The number of aryl methyl sites for hydroxylation is 2. The van der Waals surface area contributed by atoms with Crippen molar-refractivity contribution in [3.8, 4) is 5.88 Å². The molecule has 0 aliphatic heterocycles. The van der Waals surface area contributed by atoms with Crippen LogP contribution in [0.25, 0.3) is 0 Å². The molecule has 0 saturated carbocycles. The molecule has 4 nitrogen and oxygen atoms in total. The van der Waals surface area contributed by atoms with Gasteiger partial charge in [0, 0.05) is 10.6 Å². The highest BCUT2D eigenvalue weighted by Gasteiger charge is 2.17. The molecule has 2 aromatic rings. The van der Waals surface area contributed by atoms with E-state index >= 15 is 0 Å². The molecule has 0 radical (unpaired) electrons. The zero-order valence-corrected chi connectivity index (χ0v) is 12.0. The maximum Gasteiger partial charge on any atom is 0.225 e. The Morgan fingerprint density at radius 3 is 3.00 bits per heavy atom. The summed E-state index contributed by atoms with van der Waals surface area (Å²) in [5.41, 5.74) is 8.59. The van der Waals surface area contributed by atoms with E-state index in [4.69, 9.17) is 15.9 Å². The molecule has 0 aromatic carbocycles. The molecule has 5 heteroatoms. The molecule has 0 saturated heterocycles. The standard InChI is InChI=1S/C15H17N3OS/c16-14(17)12-8-10-4-1-2-6-13(10)18-15(12)19-9-11-5-3-7-20-11/h3,5,7-8H,1-2,4,6,9H2,(H3,16,17). The number of nitrogens with zero attached hydrogens (tertiary/aromatic N) is 1. The lowest BCUT2D eigenvalue weighted by Gasteiger charge is -2.18. The first kappa shape index (κ1) is 13.1. The first-order valence-electron chi connectivity index (χ1n) is 6.76. The Kier molecular flexibility index (Phi) is 3.69. The average molecular weight is 287 g/mol. The van der Waals surface area contributed by atoms with E-state index in [1.54, 1.807) is 11.3 Å². The number of fused-ring (bicyclic) bond motifs is 1. The van der Waals surface area contributed by atoms with Gasteiger partial charge in [0.1, 0.15) is 12.4 Å². The third kappa shape index (κ3) is 2.67. The Morgan fingerprint density at radius 2 is 2.25 bits per heavy atom. The minimum absolute atomic E-state index is 0.0204. The van der Waals surface area contributed by atoms with Crippen LogP contribution in [0.4, 0.5) is 0 Å². The fraction of sp³-hybridized carbons (Fsp3) is 0.333. The number of rotatable bonds is 4. The largest absolute Gasteiger partial charge is 0.471 e. The topological polar surface area (TPSA) is 72.0 Å². The summed E-state index contributed by atoms with van der Waals surface area (Å²) in [6, 6.07) is 6.00. The van der Waals surface area contributed by atoms with Crippen LogP contribution in [0.1, 0.15) is 34.5 Å². The molecule has 0 bridgehead atoms. The fourth-order valence-corrected chi connectivity index (χ4v) is 3.07. The Balaban J connectivity index is 1.89. The van der Waals surface area contributed by atoms with E-state index in [1.165, 1.54) is 18.4 Å². The summed E-state index contributed by atoms with van der Waals surface area (Å²) in [5, 5.41) is 9.73. The van der Waals surface area contributed by atoms with E-state index in [1.807, 2.05) is 23.6 Å². The fourth-order valence-electron chi connectivity index (χ4n) is 2.45. The van der Waals surface area contributed by atoms with Gasteiger partial charge >= 0.3 is 0 Å². The summed E-state index contributed by atoms with van der Waals surface area (Å²) in [6.45, 7) is 0.476. The lowest BCUT2D eigenvalue weighted by Crippen LogP contribution is -2.17. The molecule has 104 valence electrons. The second kappa shape index (κ2) is 5.63. The van der Waals surface area contributed by atoms with Crippen molar-refractivity contribution in [2.45, 2.75) is 32.3 Å². The van der Waals surface area contributed by atoms with Crippen molar-refractivity contribution in [2.75, 3.05) is 0 Å². The van der Waals surface area contributed by atoms with Gasteiger partial charge in [-0.2, -0.15) is 0 Å². The summed E-state index contributed by atoms with van der Waals surface area (Å²) in [4.78, 5) is 5.73. The van der Waals surface area contributed by atoms with Crippen molar-refractivity contribution in [3.05, 3.63) is 45.3 Å². The molecule has 2 aromatic heterocycles. The van der Waals surface area contributed by atoms with Crippen LogP contribution in [-0.4, -0.2) is 10.8 Å². The molecule has 0 fully saturated rings. The van der Waals surface area contributed by atoms with Gasteiger partial charge in [-0.15, -0.1) is 11.3 Å². The molecular weight excluding hydrogens is 270 g/mol. The van der Waals surface area contributed by atoms with E-state index in [-0.39, 0.29) is 5.84 Å². The molecule has 0 atom stereocenters. The smallest absolute Gasteiger partial charge is 0.225 e. The van der Waals surface area contributed by atoms with Crippen molar-refractivity contribution < 1.29 is 4.74 Å². The first-order chi connectivity index (χ1) is 9.74. The van der Waals surface area contributed by atoms with Gasteiger partial charge in [-0.1, -0.05) is 6.07 Å². The number of amidine groups is 1. The number of hydrogen-bond donors (Lipinski definition) is 2. The Morgan fingerprint density at radius 1 is 1.40 bits per heavy atom. The number of nitrogens with two attached hydrogens (primary N) is 1. The maximum absolute atomic E-state index is 7.71. The van der Waals surface area contributed by atoms with Crippen molar-refractivity contribution in [3.63, 3.8) is 0 Å². The average Bonchev–Trinajstić information content (AvgIpc) is 2.97. The van der Waals surface area contributed by atoms with Crippen LogP contribution in [0.5, 0.6) is 5.88 Å². The molecule has 1 aliphatic rings. The number of nitrogens with one attached hydrogen (secondary N) is 1. The molecule has 0 unspecified atom stereocenters. The first-order valence-corrected chi connectivity index (χ1v) is 7.64. The van der Waals surface area contributed by atoms with Crippen LogP contribution in [0, 0.1) is 5.41 Å². The third-order valence-corrected chi connectivity index (χ3v) is 4.34.